The van der Waals surface area contributed by atoms with E-state index in [9.17, 15) is 4.79 Å². The molecule has 4 heteroatoms. The largest absolute Gasteiger partial charge is 0.367 e. The first-order chi connectivity index (χ1) is 13.8. The molecule has 1 aromatic carbocycles. The van der Waals surface area contributed by atoms with Crippen molar-refractivity contribution in [3.05, 3.63) is 48.0 Å². The second-order valence-corrected chi connectivity index (χ2v) is 8.76. The van der Waals surface area contributed by atoms with Crippen LogP contribution in [0.25, 0.3) is 0 Å². The van der Waals surface area contributed by atoms with Crippen LogP contribution < -0.4 is 0 Å². The number of nitrogens with zero attached hydrogens (tertiary/aromatic N) is 2. The van der Waals surface area contributed by atoms with Gasteiger partial charge in [-0.2, -0.15) is 0 Å². The SMILES string of the molecule is O=C(COCc1ccccc1)N(CCN1CCCCC1)CC1CC2C=CC1C2. The zero-order valence-electron chi connectivity index (χ0n) is 17.0. The molecule has 3 unspecified atom stereocenters. The Balaban J connectivity index is 1.29. The van der Waals surface area contributed by atoms with Gasteiger partial charge in [0.1, 0.15) is 6.61 Å². The number of fused-ring (bicyclic) bond motifs is 2. The Kier molecular flexibility index (Phi) is 6.81. The van der Waals surface area contributed by atoms with Gasteiger partial charge in [0.25, 0.3) is 0 Å². The summed E-state index contributed by atoms with van der Waals surface area (Å²) in [6, 6.07) is 10.1. The number of carbonyl (C=O) groups is 1. The van der Waals surface area contributed by atoms with E-state index >= 15 is 0 Å². The summed E-state index contributed by atoms with van der Waals surface area (Å²) in [5.41, 5.74) is 1.12. The highest BCUT2D eigenvalue weighted by molar-refractivity contribution is 5.77. The third-order valence-corrected chi connectivity index (χ3v) is 6.70. The summed E-state index contributed by atoms with van der Waals surface area (Å²) in [6.07, 6.45) is 11.3. The lowest BCUT2D eigenvalue weighted by Gasteiger charge is -2.32. The van der Waals surface area contributed by atoms with Crippen LogP contribution in [0.15, 0.2) is 42.5 Å². The molecule has 1 aromatic rings. The molecule has 1 aliphatic heterocycles. The summed E-state index contributed by atoms with van der Waals surface area (Å²) in [5, 5.41) is 0. The molecule has 0 N–H and O–H groups in total. The van der Waals surface area contributed by atoms with E-state index in [1.54, 1.807) is 0 Å². The van der Waals surface area contributed by atoms with Crippen molar-refractivity contribution in [1.29, 1.82) is 0 Å². The van der Waals surface area contributed by atoms with E-state index in [1.807, 2.05) is 30.3 Å². The van der Waals surface area contributed by atoms with E-state index in [-0.39, 0.29) is 12.5 Å². The Labute approximate surface area is 169 Å². The molecule has 1 amide bonds. The Morgan fingerprint density at radius 1 is 1.07 bits per heavy atom. The van der Waals surface area contributed by atoms with Crippen LogP contribution >= 0.6 is 0 Å². The van der Waals surface area contributed by atoms with Crippen LogP contribution in [0, 0.1) is 17.8 Å². The minimum absolute atomic E-state index is 0.152. The van der Waals surface area contributed by atoms with Crippen molar-refractivity contribution in [2.45, 2.75) is 38.7 Å². The van der Waals surface area contributed by atoms with Crippen molar-refractivity contribution in [2.75, 3.05) is 39.3 Å². The lowest BCUT2D eigenvalue weighted by Crippen LogP contribution is -2.44. The number of ether oxygens (including phenoxy) is 1. The van der Waals surface area contributed by atoms with Gasteiger partial charge in [0.05, 0.1) is 6.61 Å². The summed E-state index contributed by atoms with van der Waals surface area (Å²) in [7, 11) is 0. The molecule has 152 valence electrons. The molecule has 0 aromatic heterocycles. The summed E-state index contributed by atoms with van der Waals surface area (Å²) in [6.45, 7) is 5.79. The molecular formula is C24H34N2O2. The Morgan fingerprint density at radius 3 is 2.61 bits per heavy atom. The highest BCUT2D eigenvalue weighted by Gasteiger charge is 2.37. The molecule has 1 heterocycles. The van der Waals surface area contributed by atoms with Gasteiger partial charge in [-0.05, 0) is 62.1 Å². The van der Waals surface area contributed by atoms with Gasteiger partial charge >= 0.3 is 0 Å². The van der Waals surface area contributed by atoms with Crippen molar-refractivity contribution in [1.82, 2.24) is 9.80 Å². The smallest absolute Gasteiger partial charge is 0.248 e. The van der Waals surface area contributed by atoms with Crippen LogP contribution in [0.3, 0.4) is 0 Å². The number of hydrogen-bond acceptors (Lipinski definition) is 3. The van der Waals surface area contributed by atoms with Gasteiger partial charge in [-0.1, -0.05) is 48.9 Å². The molecule has 2 fully saturated rings. The molecule has 4 nitrogen and oxygen atoms in total. The van der Waals surface area contributed by atoms with Crippen LogP contribution in [0.2, 0.25) is 0 Å². The number of amides is 1. The molecule has 0 radical (unpaired) electrons. The number of piperidine rings is 1. The third-order valence-electron chi connectivity index (χ3n) is 6.70. The van der Waals surface area contributed by atoms with Crippen LogP contribution in [-0.4, -0.2) is 55.0 Å². The van der Waals surface area contributed by atoms with Gasteiger partial charge < -0.3 is 14.5 Å². The fourth-order valence-corrected chi connectivity index (χ4v) is 5.07. The lowest BCUT2D eigenvalue weighted by atomic mass is 9.93. The average Bonchev–Trinajstić information content (AvgIpc) is 3.36. The Bertz CT molecular complexity index is 654. The van der Waals surface area contributed by atoms with Gasteiger partial charge in [0, 0.05) is 19.6 Å². The minimum atomic E-state index is 0.152. The molecule has 0 spiro atoms. The van der Waals surface area contributed by atoms with E-state index in [0.717, 1.165) is 31.1 Å². The van der Waals surface area contributed by atoms with Crippen LogP contribution in [0.4, 0.5) is 0 Å². The fourth-order valence-electron chi connectivity index (χ4n) is 5.07. The standard InChI is InChI=1S/C24H34N2O2/c27-24(19-28-18-20-7-3-1-4-8-20)26(14-13-25-11-5-2-6-12-25)17-23-16-21-9-10-22(23)15-21/h1,3-4,7-10,21-23H,2,5-6,11-19H2. The lowest BCUT2D eigenvalue weighted by molar-refractivity contribution is -0.137. The van der Waals surface area contributed by atoms with Crippen LogP contribution in [0.1, 0.15) is 37.7 Å². The van der Waals surface area contributed by atoms with Crippen molar-refractivity contribution in [2.24, 2.45) is 17.8 Å². The first-order valence-electron chi connectivity index (χ1n) is 11.1. The van der Waals surface area contributed by atoms with Gasteiger partial charge in [0.2, 0.25) is 5.91 Å². The Morgan fingerprint density at radius 2 is 1.89 bits per heavy atom. The topological polar surface area (TPSA) is 32.8 Å². The Hall–Kier alpha value is -1.65. The molecule has 2 aliphatic carbocycles. The maximum atomic E-state index is 13.0. The maximum Gasteiger partial charge on any atom is 0.248 e. The van der Waals surface area contributed by atoms with Gasteiger partial charge in [0.15, 0.2) is 0 Å². The highest BCUT2D eigenvalue weighted by Crippen LogP contribution is 2.43. The van der Waals surface area contributed by atoms with E-state index in [1.165, 1.54) is 45.2 Å². The summed E-state index contributed by atoms with van der Waals surface area (Å²) in [4.78, 5) is 17.6. The predicted octanol–water partition coefficient (Wildman–Crippen LogP) is 3.73. The monoisotopic (exact) mass is 382 g/mol. The number of likely N-dealkylation sites (tertiary alicyclic amines) is 1. The molecule has 3 atom stereocenters. The summed E-state index contributed by atoms with van der Waals surface area (Å²) < 4.78 is 5.76. The van der Waals surface area contributed by atoms with Crippen molar-refractivity contribution >= 4 is 5.91 Å². The quantitative estimate of drug-likeness (QED) is 0.610. The molecule has 4 rings (SSSR count). The zero-order valence-corrected chi connectivity index (χ0v) is 17.0. The fraction of sp³-hybridized carbons (Fsp3) is 0.625. The second-order valence-electron chi connectivity index (χ2n) is 8.76. The minimum Gasteiger partial charge on any atom is -0.367 e. The van der Waals surface area contributed by atoms with Gasteiger partial charge in [-0.3, -0.25) is 4.79 Å². The van der Waals surface area contributed by atoms with E-state index in [4.69, 9.17) is 4.74 Å². The zero-order chi connectivity index (χ0) is 19.2. The van der Waals surface area contributed by atoms with Crippen molar-refractivity contribution in [3.63, 3.8) is 0 Å². The average molecular weight is 383 g/mol. The second kappa shape index (κ2) is 9.71. The van der Waals surface area contributed by atoms with Gasteiger partial charge in [-0.25, -0.2) is 0 Å². The molecule has 3 aliphatic rings. The van der Waals surface area contributed by atoms with E-state index in [0.29, 0.717) is 18.4 Å². The normalized spacial score (nSPS) is 26.6. The highest BCUT2D eigenvalue weighted by atomic mass is 16.5. The third kappa shape index (κ3) is 5.24. The van der Waals surface area contributed by atoms with Crippen molar-refractivity contribution in [3.8, 4) is 0 Å². The molecular weight excluding hydrogens is 348 g/mol. The predicted molar refractivity (Wildman–Crippen MR) is 112 cm³/mol. The van der Waals surface area contributed by atoms with E-state index in [2.05, 4.69) is 22.0 Å². The number of hydrogen-bond donors (Lipinski definition) is 0. The van der Waals surface area contributed by atoms with Crippen LogP contribution in [0.5, 0.6) is 0 Å². The van der Waals surface area contributed by atoms with E-state index < -0.39 is 0 Å². The molecule has 1 saturated carbocycles. The number of rotatable bonds is 9. The molecule has 1 saturated heterocycles. The number of benzene rings is 1. The van der Waals surface area contributed by atoms with Crippen LogP contribution in [-0.2, 0) is 16.1 Å². The maximum absolute atomic E-state index is 13.0. The summed E-state index contributed by atoms with van der Waals surface area (Å²) >= 11 is 0. The first kappa shape index (κ1) is 19.7. The molecule has 28 heavy (non-hydrogen) atoms. The van der Waals surface area contributed by atoms with Crippen molar-refractivity contribution < 1.29 is 9.53 Å². The number of carbonyl (C=O) groups excluding carboxylic acids is 1. The number of allylic oxidation sites excluding steroid dienone is 2. The summed E-state index contributed by atoms with van der Waals surface area (Å²) in [5.74, 6) is 2.22. The first-order valence-corrected chi connectivity index (χ1v) is 11.1. The van der Waals surface area contributed by atoms with Gasteiger partial charge in [-0.15, -0.1) is 0 Å². The molecule has 2 bridgehead atoms.